The molecule has 0 unspecified atom stereocenters. The molecule has 0 saturated heterocycles. The predicted molar refractivity (Wildman–Crippen MR) is 116 cm³/mol. The summed E-state index contributed by atoms with van der Waals surface area (Å²) in [7, 11) is 5.13. The van der Waals surface area contributed by atoms with Gasteiger partial charge in [-0.3, -0.25) is 9.48 Å². The fourth-order valence-corrected chi connectivity index (χ4v) is 4.22. The Hall–Kier alpha value is -3.28. The molecule has 0 N–H and O–H groups in total. The Morgan fingerprint density at radius 2 is 2.03 bits per heavy atom. The highest BCUT2D eigenvalue weighted by molar-refractivity contribution is 5.98. The summed E-state index contributed by atoms with van der Waals surface area (Å²) >= 11 is 0. The van der Waals surface area contributed by atoms with Gasteiger partial charge in [-0.05, 0) is 48.6 Å². The topological polar surface area (TPSA) is 56.6 Å². The van der Waals surface area contributed by atoms with Crippen LogP contribution in [0.2, 0.25) is 0 Å². The summed E-state index contributed by atoms with van der Waals surface area (Å²) in [6.07, 6.45) is 6.49. The number of hydrogen-bond acceptors (Lipinski definition) is 4. The third-order valence-corrected chi connectivity index (χ3v) is 5.75. The molecule has 0 bridgehead atoms. The van der Waals surface area contributed by atoms with Gasteiger partial charge in [0.2, 0.25) is 5.91 Å². The normalized spacial score (nSPS) is 15.4. The summed E-state index contributed by atoms with van der Waals surface area (Å²) in [6.45, 7) is 0.379. The number of ether oxygens (including phenoxy) is 2. The molecule has 1 heterocycles. The number of amides is 1. The fourth-order valence-electron chi connectivity index (χ4n) is 4.22. The number of nitrogens with zero attached hydrogens (tertiary/aromatic N) is 3. The van der Waals surface area contributed by atoms with Gasteiger partial charge in [0, 0.05) is 18.8 Å². The molecule has 1 amide bonds. The summed E-state index contributed by atoms with van der Waals surface area (Å²) in [6, 6.07) is 13.9. The van der Waals surface area contributed by atoms with Gasteiger partial charge in [0.25, 0.3) is 0 Å². The van der Waals surface area contributed by atoms with Crippen molar-refractivity contribution in [1.82, 2.24) is 9.78 Å². The molecule has 0 aliphatic heterocycles. The fraction of sp³-hybridized carbons (Fsp3) is 0.333. The van der Waals surface area contributed by atoms with E-state index in [9.17, 15) is 4.79 Å². The van der Waals surface area contributed by atoms with Gasteiger partial charge in [-0.15, -0.1) is 0 Å². The van der Waals surface area contributed by atoms with Crippen molar-refractivity contribution in [1.29, 1.82) is 0 Å². The van der Waals surface area contributed by atoms with Crippen LogP contribution < -0.4 is 14.4 Å². The van der Waals surface area contributed by atoms with Crippen molar-refractivity contribution in [3.8, 4) is 11.5 Å². The molecule has 3 aromatic rings. The molecule has 1 aromatic heterocycles. The maximum Gasteiger partial charge on any atom is 0.234 e. The minimum atomic E-state index is -0.160. The van der Waals surface area contributed by atoms with Gasteiger partial charge in [0.05, 0.1) is 38.6 Å². The Kier molecular flexibility index (Phi) is 5.74. The predicted octanol–water partition coefficient (Wildman–Crippen LogP) is 4.09. The van der Waals surface area contributed by atoms with E-state index in [2.05, 4.69) is 17.2 Å². The second-order valence-corrected chi connectivity index (χ2v) is 7.62. The molecule has 6 nitrogen and oxygen atoms in total. The minimum Gasteiger partial charge on any atom is -0.497 e. The van der Waals surface area contributed by atoms with Crippen LogP contribution in [-0.2, 0) is 24.8 Å². The van der Waals surface area contributed by atoms with Crippen LogP contribution in [0.4, 0.5) is 5.69 Å². The number of hydrogen-bond donors (Lipinski definition) is 0. The zero-order chi connectivity index (χ0) is 21.1. The lowest BCUT2D eigenvalue weighted by molar-refractivity contribution is -0.120. The zero-order valence-electron chi connectivity index (χ0n) is 17.7. The van der Waals surface area contributed by atoms with Crippen LogP contribution in [-0.4, -0.2) is 29.9 Å². The molecule has 0 spiro atoms. The molecule has 1 aliphatic rings. The van der Waals surface area contributed by atoms with E-state index in [0.29, 0.717) is 6.54 Å². The first-order chi connectivity index (χ1) is 14.6. The first-order valence-electron chi connectivity index (χ1n) is 10.2. The van der Waals surface area contributed by atoms with Gasteiger partial charge < -0.3 is 14.4 Å². The Morgan fingerprint density at radius 3 is 2.77 bits per heavy atom. The molecule has 0 radical (unpaired) electrons. The monoisotopic (exact) mass is 405 g/mol. The van der Waals surface area contributed by atoms with Crippen molar-refractivity contribution < 1.29 is 14.3 Å². The second kappa shape index (κ2) is 8.61. The van der Waals surface area contributed by atoms with Crippen LogP contribution in [0.1, 0.15) is 35.4 Å². The standard InChI is InChI=1S/C24H27N3O3/c1-26-16-19(14-25-26)27(15-18-13-20(29-2)11-12-23(18)30-3)24(28)22-10-6-8-17-7-4-5-9-21(17)22/h4-5,7,9,11-14,16,22H,6,8,10,15H2,1-3H3/t22-/m1/s1. The maximum atomic E-state index is 13.8. The Balaban J connectivity index is 1.73. The van der Waals surface area contributed by atoms with Gasteiger partial charge in [-0.25, -0.2) is 0 Å². The van der Waals surface area contributed by atoms with Crippen molar-refractivity contribution in [2.24, 2.45) is 7.05 Å². The van der Waals surface area contributed by atoms with Crippen LogP contribution in [0.3, 0.4) is 0 Å². The number of methoxy groups -OCH3 is 2. The van der Waals surface area contributed by atoms with Crippen LogP contribution in [0.15, 0.2) is 54.9 Å². The molecule has 4 rings (SSSR count). The first kappa shape index (κ1) is 20.0. The quantitative estimate of drug-likeness (QED) is 0.620. The number of rotatable bonds is 6. The lowest BCUT2D eigenvalue weighted by Gasteiger charge is -2.30. The molecular formula is C24H27N3O3. The summed E-state index contributed by atoms with van der Waals surface area (Å²) in [5, 5.41) is 4.29. The van der Waals surface area contributed by atoms with Crippen molar-refractivity contribution in [2.45, 2.75) is 31.7 Å². The van der Waals surface area contributed by atoms with Crippen LogP contribution in [0, 0.1) is 0 Å². The van der Waals surface area contributed by atoms with E-state index >= 15 is 0 Å². The van der Waals surface area contributed by atoms with E-state index in [4.69, 9.17) is 9.47 Å². The van der Waals surface area contributed by atoms with Gasteiger partial charge in [-0.2, -0.15) is 5.10 Å². The van der Waals surface area contributed by atoms with Crippen LogP contribution >= 0.6 is 0 Å². The van der Waals surface area contributed by atoms with E-state index in [1.54, 1.807) is 25.1 Å². The summed E-state index contributed by atoms with van der Waals surface area (Å²) in [5.41, 5.74) is 4.07. The highest BCUT2D eigenvalue weighted by Crippen LogP contribution is 2.35. The smallest absolute Gasteiger partial charge is 0.234 e. The average molecular weight is 405 g/mol. The lowest BCUT2D eigenvalue weighted by Crippen LogP contribution is -2.36. The maximum absolute atomic E-state index is 13.8. The number of benzene rings is 2. The summed E-state index contributed by atoms with van der Waals surface area (Å²) in [5.74, 6) is 1.38. The van der Waals surface area contributed by atoms with E-state index < -0.39 is 0 Å². The Labute approximate surface area is 177 Å². The molecule has 156 valence electrons. The number of aromatic nitrogens is 2. The molecule has 30 heavy (non-hydrogen) atoms. The highest BCUT2D eigenvalue weighted by atomic mass is 16.5. The Bertz CT molecular complexity index is 1040. The van der Waals surface area contributed by atoms with Gasteiger partial charge in [0.1, 0.15) is 11.5 Å². The van der Waals surface area contributed by atoms with Crippen molar-refractivity contribution in [3.05, 3.63) is 71.5 Å². The highest BCUT2D eigenvalue weighted by Gasteiger charge is 2.31. The molecule has 0 saturated carbocycles. The lowest BCUT2D eigenvalue weighted by atomic mass is 9.82. The number of aryl methyl sites for hydroxylation is 2. The van der Waals surface area contributed by atoms with E-state index in [1.165, 1.54) is 5.56 Å². The van der Waals surface area contributed by atoms with Gasteiger partial charge >= 0.3 is 0 Å². The number of carbonyl (C=O) groups is 1. The van der Waals surface area contributed by atoms with Crippen molar-refractivity contribution in [2.75, 3.05) is 19.1 Å². The molecule has 2 aromatic carbocycles. The average Bonchev–Trinajstić information content (AvgIpc) is 3.22. The molecule has 6 heteroatoms. The third-order valence-electron chi connectivity index (χ3n) is 5.75. The SMILES string of the molecule is COc1ccc(OC)c(CN(C(=O)[C@@H]2CCCc3ccccc32)c2cnn(C)c2)c1. The zero-order valence-corrected chi connectivity index (χ0v) is 17.7. The van der Waals surface area contributed by atoms with Gasteiger partial charge in [-0.1, -0.05) is 24.3 Å². The van der Waals surface area contributed by atoms with E-state index in [1.807, 2.05) is 48.5 Å². The molecule has 1 atom stereocenters. The van der Waals surface area contributed by atoms with E-state index in [-0.39, 0.29) is 11.8 Å². The summed E-state index contributed by atoms with van der Waals surface area (Å²) < 4.78 is 12.7. The van der Waals surface area contributed by atoms with Crippen molar-refractivity contribution >= 4 is 11.6 Å². The molecular weight excluding hydrogens is 378 g/mol. The molecule has 1 aliphatic carbocycles. The largest absolute Gasteiger partial charge is 0.497 e. The third kappa shape index (κ3) is 3.90. The minimum absolute atomic E-state index is 0.0834. The number of fused-ring (bicyclic) bond motifs is 1. The van der Waals surface area contributed by atoms with Crippen LogP contribution in [0.5, 0.6) is 11.5 Å². The van der Waals surface area contributed by atoms with Gasteiger partial charge in [0.15, 0.2) is 0 Å². The second-order valence-electron chi connectivity index (χ2n) is 7.62. The number of carbonyl (C=O) groups excluding carboxylic acids is 1. The molecule has 0 fully saturated rings. The summed E-state index contributed by atoms with van der Waals surface area (Å²) in [4.78, 5) is 15.7. The first-order valence-corrected chi connectivity index (χ1v) is 10.2. The van der Waals surface area contributed by atoms with Crippen molar-refractivity contribution in [3.63, 3.8) is 0 Å². The van der Waals surface area contributed by atoms with E-state index in [0.717, 1.165) is 47.6 Å². The Morgan fingerprint density at radius 1 is 1.20 bits per heavy atom. The van der Waals surface area contributed by atoms with Crippen LogP contribution in [0.25, 0.3) is 0 Å². The number of anilines is 1.